The van der Waals surface area contributed by atoms with Gasteiger partial charge in [-0.15, -0.1) is 0 Å². The number of amides is 5. The van der Waals surface area contributed by atoms with Crippen molar-refractivity contribution in [2.75, 3.05) is 65.9 Å². The third-order valence-electron chi connectivity index (χ3n) is 10.4. The molecule has 0 aliphatic carbocycles. The van der Waals surface area contributed by atoms with Crippen molar-refractivity contribution in [3.63, 3.8) is 0 Å². The van der Waals surface area contributed by atoms with E-state index in [1.54, 1.807) is 0 Å². The molecule has 0 aromatic carbocycles. The predicted octanol–water partition coefficient (Wildman–Crippen LogP) is 2.25. The van der Waals surface area contributed by atoms with Crippen molar-refractivity contribution < 1.29 is 87.3 Å². The first-order chi connectivity index (χ1) is 33.0. The van der Waals surface area contributed by atoms with Crippen molar-refractivity contribution in [1.82, 2.24) is 26.6 Å². The highest BCUT2D eigenvalue weighted by atomic mass is 16.5. The minimum absolute atomic E-state index is 0.0246. The fourth-order valence-electron chi connectivity index (χ4n) is 6.56. The minimum atomic E-state index is -1.44. The van der Waals surface area contributed by atoms with E-state index >= 15 is 0 Å². The zero-order valence-corrected chi connectivity index (χ0v) is 40.4. The van der Waals surface area contributed by atoms with Crippen LogP contribution in [0.3, 0.4) is 0 Å². The molecule has 5 amide bonds. The third-order valence-corrected chi connectivity index (χ3v) is 10.4. The minimum Gasteiger partial charge on any atom is -0.481 e. The number of Topliss-reactive ketones (excluding diaryl/α,β-unsaturated/α-hetero) is 1. The van der Waals surface area contributed by atoms with E-state index in [4.69, 9.17) is 24.1 Å². The van der Waals surface area contributed by atoms with Gasteiger partial charge in [-0.1, -0.05) is 77.0 Å². The molecular weight excluding hydrogens is 911 g/mol. The summed E-state index contributed by atoms with van der Waals surface area (Å²) in [7, 11) is 0. The molecule has 0 aliphatic rings. The summed E-state index contributed by atoms with van der Waals surface area (Å²) >= 11 is 0. The lowest BCUT2D eigenvalue weighted by Crippen LogP contribution is -2.45. The number of aliphatic carboxylic acids is 4. The van der Waals surface area contributed by atoms with Gasteiger partial charge in [-0.2, -0.15) is 0 Å². The molecule has 9 N–H and O–H groups in total. The number of hydrogen-bond acceptors (Lipinski definition) is 14. The van der Waals surface area contributed by atoms with Gasteiger partial charge in [-0.05, 0) is 39.0 Å². The van der Waals surface area contributed by atoms with Crippen molar-refractivity contribution in [3.05, 3.63) is 0 Å². The van der Waals surface area contributed by atoms with Crippen LogP contribution in [0, 0.1) is 0 Å². The highest BCUT2D eigenvalue weighted by molar-refractivity contribution is 5.87. The van der Waals surface area contributed by atoms with Crippen LogP contribution in [0.2, 0.25) is 0 Å². The third kappa shape index (κ3) is 41.4. The topological polar surface area (TPSA) is 349 Å². The van der Waals surface area contributed by atoms with E-state index in [9.17, 15) is 63.3 Å². The molecule has 23 heteroatoms. The summed E-state index contributed by atoms with van der Waals surface area (Å²) in [6, 6.07) is -3.92. The zero-order valence-electron chi connectivity index (χ0n) is 40.4. The Kier molecular flexibility index (Phi) is 39.5. The fourth-order valence-corrected chi connectivity index (χ4v) is 6.56. The summed E-state index contributed by atoms with van der Waals surface area (Å²) in [4.78, 5) is 117. The van der Waals surface area contributed by atoms with Gasteiger partial charge < -0.3 is 70.8 Å². The molecule has 0 aromatic rings. The SMILES string of the molecule is CC(=O)CC[C@H](NC(=O)CCC(NC(=O)COCCOCCNC(=O)COCCOCCNC(=O)CCC(NC(=O)CCCCCCCCCCCCCCCCC(=O)O)C(=O)O)C(=O)O)C(=O)O. The van der Waals surface area contributed by atoms with Gasteiger partial charge in [-0.3, -0.25) is 28.8 Å². The van der Waals surface area contributed by atoms with Crippen molar-refractivity contribution in [2.24, 2.45) is 0 Å². The summed E-state index contributed by atoms with van der Waals surface area (Å²) in [6.07, 6.45) is 14.3. The van der Waals surface area contributed by atoms with Crippen LogP contribution in [0.1, 0.15) is 148 Å². The molecule has 0 aliphatic heterocycles. The van der Waals surface area contributed by atoms with E-state index in [0.29, 0.717) is 6.42 Å². The molecule has 0 aromatic heterocycles. The molecule has 0 heterocycles. The van der Waals surface area contributed by atoms with E-state index in [2.05, 4.69) is 26.6 Å². The Hall–Kier alpha value is -5.26. The number of carboxylic acids is 4. The molecule has 0 radical (unpaired) electrons. The normalized spacial score (nSPS) is 12.2. The second kappa shape index (κ2) is 42.8. The number of unbranched alkanes of at least 4 members (excludes halogenated alkanes) is 13. The Labute approximate surface area is 404 Å². The van der Waals surface area contributed by atoms with Crippen molar-refractivity contribution in [3.8, 4) is 0 Å². The second-order valence-corrected chi connectivity index (χ2v) is 16.6. The van der Waals surface area contributed by atoms with E-state index in [-0.39, 0.29) is 122 Å². The number of carbonyl (C=O) groups is 10. The lowest BCUT2D eigenvalue weighted by atomic mass is 10.0. The van der Waals surface area contributed by atoms with Gasteiger partial charge in [0, 0.05) is 45.2 Å². The standard InChI is InChI=1S/C46H79N5O18/c1-34(52)18-19-35(44(60)61)50-40(55)23-21-37(46(64)65)51-42(57)33-69-31-29-67-27-25-48-41(56)32-68-30-28-66-26-24-47-38(53)22-20-36(45(62)63)49-39(54)16-14-12-10-8-6-4-2-3-5-7-9-11-13-15-17-43(58)59/h35-37H,2-33H2,1H3,(H,47,53)(H,48,56)(H,49,54)(H,50,55)(H,51,57)(H,58,59)(H,60,61)(H,62,63)(H,64,65)/t35-,36?,37?/m0/s1. The number of hydrogen-bond donors (Lipinski definition) is 9. The van der Waals surface area contributed by atoms with Crippen molar-refractivity contribution in [2.45, 2.75) is 166 Å². The molecule has 0 saturated heterocycles. The molecule has 0 bridgehead atoms. The van der Waals surface area contributed by atoms with Gasteiger partial charge in [0.25, 0.3) is 0 Å². The van der Waals surface area contributed by atoms with Crippen LogP contribution in [0.4, 0.5) is 0 Å². The largest absolute Gasteiger partial charge is 0.481 e. The van der Waals surface area contributed by atoms with Crippen molar-refractivity contribution >= 4 is 59.2 Å². The van der Waals surface area contributed by atoms with Crippen LogP contribution < -0.4 is 26.6 Å². The Balaban J connectivity index is 3.85. The lowest BCUT2D eigenvalue weighted by molar-refractivity contribution is -0.144. The molecule has 69 heavy (non-hydrogen) atoms. The van der Waals surface area contributed by atoms with Crippen LogP contribution in [0.5, 0.6) is 0 Å². The van der Waals surface area contributed by atoms with Crippen LogP contribution in [0.15, 0.2) is 0 Å². The van der Waals surface area contributed by atoms with Gasteiger partial charge in [-0.25, -0.2) is 14.4 Å². The molecule has 0 rings (SSSR count). The van der Waals surface area contributed by atoms with Gasteiger partial charge in [0.15, 0.2) is 0 Å². The highest BCUT2D eigenvalue weighted by Gasteiger charge is 2.25. The smallest absolute Gasteiger partial charge is 0.326 e. The first-order valence-corrected chi connectivity index (χ1v) is 24.1. The molecule has 2 unspecified atom stereocenters. The molecule has 396 valence electrons. The van der Waals surface area contributed by atoms with Crippen LogP contribution >= 0.6 is 0 Å². The number of ether oxygens (including phenoxy) is 4. The van der Waals surface area contributed by atoms with Gasteiger partial charge >= 0.3 is 23.9 Å². The maximum atomic E-state index is 12.3. The Morgan fingerprint density at radius 3 is 1.12 bits per heavy atom. The molecule has 0 spiro atoms. The molecule has 0 saturated carbocycles. The van der Waals surface area contributed by atoms with E-state index in [1.165, 1.54) is 39.0 Å². The number of ketones is 1. The summed E-state index contributed by atoms with van der Waals surface area (Å²) < 4.78 is 21.1. The molecular formula is C46H79N5O18. The maximum absolute atomic E-state index is 12.3. The summed E-state index contributed by atoms with van der Waals surface area (Å²) in [5, 5.41) is 49.0. The summed E-state index contributed by atoms with van der Waals surface area (Å²) in [5.41, 5.74) is 0. The zero-order chi connectivity index (χ0) is 51.5. The van der Waals surface area contributed by atoms with E-state index < -0.39 is 72.8 Å². The first kappa shape index (κ1) is 63.7. The van der Waals surface area contributed by atoms with Gasteiger partial charge in [0.05, 0.1) is 39.6 Å². The van der Waals surface area contributed by atoms with Crippen LogP contribution in [-0.2, 0) is 66.9 Å². The summed E-state index contributed by atoms with van der Waals surface area (Å²) in [6.45, 7) is 1.42. The average Bonchev–Trinajstić information content (AvgIpc) is 3.28. The highest BCUT2D eigenvalue weighted by Crippen LogP contribution is 2.14. The fraction of sp³-hybridized carbons (Fsp3) is 0.783. The monoisotopic (exact) mass is 990 g/mol. The van der Waals surface area contributed by atoms with Gasteiger partial charge in [0.1, 0.15) is 37.1 Å². The molecule has 3 atom stereocenters. The summed E-state index contributed by atoms with van der Waals surface area (Å²) in [5.74, 6) is -7.60. The Bertz CT molecular complexity index is 1530. The number of rotatable bonds is 48. The average molecular weight is 990 g/mol. The predicted molar refractivity (Wildman–Crippen MR) is 248 cm³/mol. The van der Waals surface area contributed by atoms with Crippen molar-refractivity contribution in [1.29, 1.82) is 0 Å². The quantitative estimate of drug-likeness (QED) is 0.0395. The van der Waals surface area contributed by atoms with E-state index in [1.807, 2.05) is 0 Å². The molecule has 0 fully saturated rings. The molecule has 23 nitrogen and oxygen atoms in total. The van der Waals surface area contributed by atoms with Gasteiger partial charge in [0.2, 0.25) is 29.5 Å². The number of nitrogens with one attached hydrogen (secondary N) is 5. The Morgan fingerprint density at radius 2 is 0.696 bits per heavy atom. The lowest BCUT2D eigenvalue weighted by Gasteiger charge is -2.16. The maximum Gasteiger partial charge on any atom is 0.326 e. The van der Waals surface area contributed by atoms with Crippen LogP contribution in [-0.4, -0.2) is 164 Å². The van der Waals surface area contributed by atoms with Crippen LogP contribution in [0.25, 0.3) is 0 Å². The second-order valence-electron chi connectivity index (χ2n) is 16.6. The number of carbonyl (C=O) groups excluding carboxylic acids is 6. The van der Waals surface area contributed by atoms with E-state index in [0.717, 1.165) is 51.4 Å². The Morgan fingerprint density at radius 1 is 0.362 bits per heavy atom. The first-order valence-electron chi connectivity index (χ1n) is 24.1. The number of carboxylic acid groups (broad SMARTS) is 4.